The van der Waals surface area contributed by atoms with Gasteiger partial charge in [0, 0.05) is 24.5 Å². The molecule has 0 aliphatic rings. The van der Waals surface area contributed by atoms with Crippen molar-refractivity contribution >= 4 is 27.8 Å². The molecule has 4 aromatic rings. The van der Waals surface area contributed by atoms with E-state index >= 15 is 0 Å². The summed E-state index contributed by atoms with van der Waals surface area (Å²) in [5.74, 6) is 0.770. The molecule has 0 radical (unpaired) electrons. The quantitative estimate of drug-likeness (QED) is 0.517. The Bertz CT molecular complexity index is 1140. The minimum absolute atomic E-state index is 0.206. The molecule has 0 saturated heterocycles. The Balaban J connectivity index is 2.07. The summed E-state index contributed by atoms with van der Waals surface area (Å²) in [6.07, 6.45) is 1.58. The third-order valence-electron chi connectivity index (χ3n) is 4.93. The normalized spacial score (nSPS) is 12.2. The van der Waals surface area contributed by atoms with Crippen molar-refractivity contribution in [2.24, 2.45) is 5.73 Å². The van der Waals surface area contributed by atoms with Crippen LogP contribution < -0.4 is 11.1 Å². The molecule has 3 aromatic heterocycles. The van der Waals surface area contributed by atoms with Crippen LogP contribution in [0.15, 0.2) is 24.5 Å². The molecule has 1 aromatic carbocycles. The van der Waals surface area contributed by atoms with Gasteiger partial charge in [0.2, 0.25) is 0 Å². The van der Waals surface area contributed by atoms with Gasteiger partial charge in [-0.25, -0.2) is 14.6 Å². The van der Waals surface area contributed by atoms with Crippen molar-refractivity contribution in [1.29, 1.82) is 0 Å². The predicted molar refractivity (Wildman–Crippen MR) is 110 cm³/mol. The number of H-pyrrole nitrogens is 1. The van der Waals surface area contributed by atoms with Gasteiger partial charge in [-0.15, -0.1) is 0 Å². The van der Waals surface area contributed by atoms with E-state index in [-0.39, 0.29) is 5.54 Å². The third kappa shape index (κ3) is 2.66. The van der Waals surface area contributed by atoms with Gasteiger partial charge in [-0.1, -0.05) is 12.1 Å². The summed E-state index contributed by atoms with van der Waals surface area (Å²) >= 11 is 0. The lowest BCUT2D eigenvalue weighted by Crippen LogP contribution is -2.23. The highest BCUT2D eigenvalue weighted by Crippen LogP contribution is 2.37. The second-order valence-electron chi connectivity index (χ2n) is 7.81. The van der Waals surface area contributed by atoms with E-state index < -0.39 is 0 Å². The van der Waals surface area contributed by atoms with Gasteiger partial charge in [0.25, 0.3) is 0 Å². The highest BCUT2D eigenvalue weighted by atomic mass is 15.3. The minimum Gasteiger partial charge on any atom is -0.372 e. The summed E-state index contributed by atoms with van der Waals surface area (Å²) in [5, 5.41) is 10.2. The Morgan fingerprint density at radius 3 is 2.67 bits per heavy atom. The van der Waals surface area contributed by atoms with Crippen molar-refractivity contribution < 1.29 is 0 Å². The number of fused-ring (bicyclic) bond motifs is 2. The summed E-state index contributed by atoms with van der Waals surface area (Å²) in [6.45, 7) is 8.99. The number of nitrogens with two attached hydrogens (primary N) is 1. The SMILES string of the molecule is CNc1ncnc2c1c(-c1[nH]c3cc(CN)ccc3c1C)nn2C(C)(C)C. The van der Waals surface area contributed by atoms with Crippen LogP contribution in [0.3, 0.4) is 0 Å². The molecule has 0 aliphatic heterocycles. The average molecular weight is 363 g/mol. The van der Waals surface area contributed by atoms with Gasteiger partial charge in [-0.05, 0) is 44.9 Å². The zero-order valence-electron chi connectivity index (χ0n) is 16.4. The second kappa shape index (κ2) is 6.06. The molecule has 27 heavy (non-hydrogen) atoms. The fraction of sp³-hybridized carbons (Fsp3) is 0.350. The summed E-state index contributed by atoms with van der Waals surface area (Å²) in [7, 11) is 1.87. The van der Waals surface area contributed by atoms with Crippen LogP contribution >= 0.6 is 0 Å². The molecule has 0 atom stereocenters. The maximum atomic E-state index is 5.81. The van der Waals surface area contributed by atoms with Crippen molar-refractivity contribution in [2.75, 3.05) is 12.4 Å². The van der Waals surface area contributed by atoms with Gasteiger partial charge in [-0.2, -0.15) is 5.10 Å². The number of benzene rings is 1. The monoisotopic (exact) mass is 363 g/mol. The number of anilines is 1. The molecule has 0 unspecified atom stereocenters. The largest absolute Gasteiger partial charge is 0.372 e. The van der Waals surface area contributed by atoms with Gasteiger partial charge in [0.1, 0.15) is 17.8 Å². The molecule has 4 N–H and O–H groups in total. The van der Waals surface area contributed by atoms with Crippen LogP contribution in [0, 0.1) is 6.92 Å². The molecule has 0 amide bonds. The number of aromatic amines is 1. The number of aromatic nitrogens is 5. The Morgan fingerprint density at radius 1 is 1.22 bits per heavy atom. The maximum Gasteiger partial charge on any atom is 0.164 e. The molecule has 0 fully saturated rings. The van der Waals surface area contributed by atoms with E-state index in [9.17, 15) is 0 Å². The van der Waals surface area contributed by atoms with Crippen LogP contribution in [0.1, 0.15) is 31.9 Å². The van der Waals surface area contributed by atoms with Gasteiger partial charge < -0.3 is 16.0 Å². The minimum atomic E-state index is -0.206. The molecule has 0 bridgehead atoms. The highest BCUT2D eigenvalue weighted by Gasteiger charge is 2.26. The third-order valence-corrected chi connectivity index (χ3v) is 4.93. The van der Waals surface area contributed by atoms with Crippen molar-refractivity contribution in [1.82, 2.24) is 24.7 Å². The Hall–Kier alpha value is -2.93. The molecule has 0 aliphatic carbocycles. The fourth-order valence-corrected chi connectivity index (χ4v) is 3.53. The Morgan fingerprint density at radius 2 is 2.00 bits per heavy atom. The number of hydrogen-bond acceptors (Lipinski definition) is 5. The van der Waals surface area contributed by atoms with E-state index in [0.717, 1.165) is 44.9 Å². The highest BCUT2D eigenvalue weighted by molar-refractivity contribution is 6.02. The first-order valence-electron chi connectivity index (χ1n) is 9.08. The Kier molecular flexibility index (Phi) is 3.92. The summed E-state index contributed by atoms with van der Waals surface area (Å²) in [5.41, 5.74) is 11.6. The molecule has 140 valence electrons. The van der Waals surface area contributed by atoms with E-state index in [4.69, 9.17) is 10.8 Å². The number of hydrogen-bond donors (Lipinski definition) is 3. The average Bonchev–Trinajstić information content (AvgIpc) is 3.19. The lowest BCUT2D eigenvalue weighted by atomic mass is 10.1. The molecule has 0 spiro atoms. The standard InChI is InChI=1S/C20H25N7/c1-11-13-7-6-12(9-21)8-14(13)25-16(11)17-15-18(22-5)23-10-24-19(15)27(26-17)20(2,3)4/h6-8,10,25H,9,21H2,1-5H3,(H,22,23,24). The molecule has 7 heteroatoms. The lowest BCUT2D eigenvalue weighted by molar-refractivity contribution is 0.366. The van der Waals surface area contributed by atoms with Gasteiger partial charge >= 0.3 is 0 Å². The van der Waals surface area contributed by atoms with E-state index in [1.165, 1.54) is 5.39 Å². The van der Waals surface area contributed by atoms with E-state index in [1.54, 1.807) is 6.33 Å². The van der Waals surface area contributed by atoms with Gasteiger partial charge in [0.05, 0.1) is 16.6 Å². The van der Waals surface area contributed by atoms with E-state index in [0.29, 0.717) is 6.54 Å². The number of nitrogens with zero attached hydrogens (tertiary/aromatic N) is 4. The van der Waals surface area contributed by atoms with Crippen LogP contribution in [0.2, 0.25) is 0 Å². The molecule has 3 heterocycles. The number of aryl methyl sites for hydroxylation is 1. The fourth-order valence-electron chi connectivity index (χ4n) is 3.53. The smallest absolute Gasteiger partial charge is 0.164 e. The van der Waals surface area contributed by atoms with E-state index in [1.807, 2.05) is 11.7 Å². The molecule has 0 saturated carbocycles. The first-order chi connectivity index (χ1) is 12.8. The van der Waals surface area contributed by atoms with E-state index in [2.05, 4.69) is 66.2 Å². The molecule has 7 nitrogen and oxygen atoms in total. The first-order valence-corrected chi connectivity index (χ1v) is 9.08. The maximum absolute atomic E-state index is 5.81. The number of nitrogens with one attached hydrogen (secondary N) is 2. The van der Waals surface area contributed by atoms with Crippen molar-refractivity contribution in [3.63, 3.8) is 0 Å². The van der Waals surface area contributed by atoms with Gasteiger partial charge in [0.15, 0.2) is 5.65 Å². The van der Waals surface area contributed by atoms with Crippen LogP contribution in [0.4, 0.5) is 5.82 Å². The zero-order chi connectivity index (χ0) is 19.3. The van der Waals surface area contributed by atoms with Crippen molar-refractivity contribution in [2.45, 2.75) is 39.8 Å². The Labute approximate surface area is 158 Å². The van der Waals surface area contributed by atoms with Crippen LogP contribution in [-0.2, 0) is 12.1 Å². The molecular formula is C20H25N7. The molecule has 4 rings (SSSR count). The zero-order valence-corrected chi connectivity index (χ0v) is 16.4. The van der Waals surface area contributed by atoms with Crippen LogP contribution in [-0.4, -0.2) is 31.8 Å². The van der Waals surface area contributed by atoms with Crippen LogP contribution in [0.5, 0.6) is 0 Å². The summed E-state index contributed by atoms with van der Waals surface area (Å²) in [4.78, 5) is 12.5. The number of rotatable bonds is 3. The van der Waals surface area contributed by atoms with Gasteiger partial charge in [-0.3, -0.25) is 0 Å². The second-order valence-corrected chi connectivity index (χ2v) is 7.81. The predicted octanol–water partition coefficient (Wildman–Crippen LogP) is 3.54. The first kappa shape index (κ1) is 17.5. The molecular weight excluding hydrogens is 338 g/mol. The topological polar surface area (TPSA) is 97.4 Å². The van der Waals surface area contributed by atoms with Crippen molar-refractivity contribution in [3.05, 3.63) is 35.7 Å². The van der Waals surface area contributed by atoms with Crippen molar-refractivity contribution in [3.8, 4) is 11.4 Å². The lowest BCUT2D eigenvalue weighted by Gasteiger charge is -2.19. The summed E-state index contributed by atoms with van der Waals surface area (Å²) in [6, 6.07) is 6.29. The summed E-state index contributed by atoms with van der Waals surface area (Å²) < 4.78 is 1.97. The van der Waals surface area contributed by atoms with Crippen LogP contribution in [0.25, 0.3) is 33.3 Å².